The molecule has 5 nitrogen and oxygen atoms in total. The average molecular weight is 505 g/mol. The molecule has 1 atom stereocenters. The molecule has 2 heterocycles. The van der Waals surface area contributed by atoms with Gasteiger partial charge in [0.15, 0.2) is 12.8 Å². The first-order chi connectivity index (χ1) is 12.7. The minimum absolute atomic E-state index is 0. The van der Waals surface area contributed by atoms with Crippen LogP contribution in [0.3, 0.4) is 0 Å². The van der Waals surface area contributed by atoms with Gasteiger partial charge in [-0.2, -0.15) is 11.3 Å². The average Bonchev–Trinajstić information content (AvgIpc) is 3.18. The molecule has 148 valence electrons. The van der Waals surface area contributed by atoms with Crippen molar-refractivity contribution >= 4 is 41.3 Å². The number of nitrogens with zero attached hydrogens (tertiary/aromatic N) is 1. The molecule has 0 saturated heterocycles. The fourth-order valence-electron chi connectivity index (χ4n) is 2.90. The van der Waals surface area contributed by atoms with E-state index in [-0.39, 0.29) is 36.6 Å². The predicted octanol–water partition coefficient (Wildman–Crippen LogP) is 3.88. The maximum atomic E-state index is 13.8. The van der Waals surface area contributed by atoms with Crippen LogP contribution in [0.5, 0.6) is 5.75 Å². The summed E-state index contributed by atoms with van der Waals surface area (Å²) in [7, 11) is 1.75. The monoisotopic (exact) mass is 505 g/mol. The summed E-state index contributed by atoms with van der Waals surface area (Å²) in [6, 6.07) is 5.14. The van der Waals surface area contributed by atoms with Gasteiger partial charge in [-0.25, -0.2) is 4.39 Å². The van der Waals surface area contributed by atoms with Gasteiger partial charge in [0.25, 0.3) is 0 Å². The van der Waals surface area contributed by atoms with Crippen molar-refractivity contribution < 1.29 is 13.9 Å². The number of ether oxygens (including phenoxy) is 2. The second-order valence-corrected chi connectivity index (χ2v) is 7.03. The first-order valence-corrected chi connectivity index (χ1v) is 9.60. The van der Waals surface area contributed by atoms with Crippen LogP contribution in [0.2, 0.25) is 0 Å². The van der Waals surface area contributed by atoms with Crippen LogP contribution in [0.1, 0.15) is 29.5 Å². The smallest absolute Gasteiger partial charge is 0.191 e. The van der Waals surface area contributed by atoms with Crippen LogP contribution in [0, 0.1) is 5.82 Å². The Balaban J connectivity index is 0.00000261. The zero-order chi connectivity index (χ0) is 18.4. The Hall–Kier alpha value is -1.39. The molecule has 0 radical (unpaired) electrons. The molecule has 1 aromatic heterocycles. The standard InChI is InChI=1S/C19H24FN3O2S.HI/c1-13(15-4-6-26-11-15)9-23-19(21-2)22-5-3-14-7-17(20)8-16-10-24-12-25-18(14)16;/h4,6-8,11,13H,3,5,9-10,12H2,1-2H3,(H2,21,22,23);1H. The summed E-state index contributed by atoms with van der Waals surface area (Å²) in [5.41, 5.74) is 2.93. The van der Waals surface area contributed by atoms with Gasteiger partial charge in [-0.1, -0.05) is 6.92 Å². The molecular formula is C19H25FIN3O2S. The van der Waals surface area contributed by atoms with Crippen molar-refractivity contribution in [1.82, 2.24) is 10.6 Å². The molecule has 2 N–H and O–H groups in total. The predicted molar refractivity (Wildman–Crippen MR) is 118 cm³/mol. The molecule has 1 aromatic carbocycles. The molecule has 0 fully saturated rings. The summed E-state index contributed by atoms with van der Waals surface area (Å²) < 4.78 is 24.6. The summed E-state index contributed by atoms with van der Waals surface area (Å²) in [5, 5.41) is 10.9. The Labute approximate surface area is 180 Å². The highest BCUT2D eigenvalue weighted by Gasteiger charge is 2.16. The number of fused-ring (bicyclic) bond motifs is 1. The largest absolute Gasteiger partial charge is 0.467 e. The van der Waals surface area contributed by atoms with Gasteiger partial charge in [-0.3, -0.25) is 4.99 Å². The first-order valence-electron chi connectivity index (χ1n) is 8.66. The Morgan fingerprint density at radius 2 is 2.22 bits per heavy atom. The van der Waals surface area contributed by atoms with Gasteiger partial charge in [0.05, 0.1) is 6.61 Å². The van der Waals surface area contributed by atoms with E-state index in [9.17, 15) is 4.39 Å². The zero-order valence-corrected chi connectivity index (χ0v) is 18.6. The maximum absolute atomic E-state index is 13.8. The van der Waals surface area contributed by atoms with E-state index in [0.717, 1.165) is 29.4 Å². The SMILES string of the molecule is CN=C(NCCc1cc(F)cc2c1OCOC2)NCC(C)c1ccsc1.I. The molecule has 1 aliphatic heterocycles. The number of guanidine groups is 1. The van der Waals surface area contributed by atoms with Crippen LogP contribution >= 0.6 is 35.3 Å². The van der Waals surface area contributed by atoms with E-state index in [1.54, 1.807) is 18.4 Å². The van der Waals surface area contributed by atoms with Crippen LogP contribution in [0.4, 0.5) is 4.39 Å². The van der Waals surface area contributed by atoms with Crippen molar-refractivity contribution in [2.24, 2.45) is 4.99 Å². The molecule has 0 amide bonds. The molecule has 8 heteroatoms. The highest BCUT2D eigenvalue weighted by atomic mass is 127. The molecule has 0 spiro atoms. The number of hydrogen-bond donors (Lipinski definition) is 2. The summed E-state index contributed by atoms with van der Waals surface area (Å²) >= 11 is 1.71. The molecule has 0 aliphatic carbocycles. The lowest BCUT2D eigenvalue weighted by molar-refractivity contribution is -0.0172. The van der Waals surface area contributed by atoms with Gasteiger partial charge in [-0.05, 0) is 52.4 Å². The molecule has 27 heavy (non-hydrogen) atoms. The number of rotatable bonds is 6. The van der Waals surface area contributed by atoms with Gasteiger partial charge in [0.2, 0.25) is 0 Å². The molecule has 0 bridgehead atoms. The molecule has 1 unspecified atom stereocenters. The highest BCUT2D eigenvalue weighted by molar-refractivity contribution is 14.0. The quantitative estimate of drug-likeness (QED) is 0.356. The second-order valence-electron chi connectivity index (χ2n) is 6.25. The van der Waals surface area contributed by atoms with E-state index < -0.39 is 0 Å². The lowest BCUT2D eigenvalue weighted by Gasteiger charge is -2.21. The number of benzene rings is 1. The number of aliphatic imine (C=N–C) groups is 1. The molecular weight excluding hydrogens is 480 g/mol. The number of halogens is 2. The molecule has 0 saturated carbocycles. The Bertz CT molecular complexity index is 756. The highest BCUT2D eigenvalue weighted by Crippen LogP contribution is 2.29. The van der Waals surface area contributed by atoms with Gasteiger partial charge in [0.1, 0.15) is 11.6 Å². The van der Waals surface area contributed by atoms with Crippen molar-refractivity contribution in [3.63, 3.8) is 0 Å². The summed E-state index contributed by atoms with van der Waals surface area (Å²) in [6.07, 6.45) is 0.640. The summed E-state index contributed by atoms with van der Waals surface area (Å²) in [5.74, 6) is 1.62. The van der Waals surface area contributed by atoms with Crippen LogP contribution in [0.15, 0.2) is 34.0 Å². The normalized spacial score (nSPS) is 14.6. The Kier molecular flexibility index (Phi) is 8.78. The van der Waals surface area contributed by atoms with Crippen molar-refractivity contribution in [3.8, 4) is 5.75 Å². The molecule has 3 rings (SSSR count). The number of thiophene rings is 1. The van der Waals surface area contributed by atoms with Crippen LogP contribution in [0.25, 0.3) is 0 Å². The third-order valence-corrected chi connectivity index (χ3v) is 5.05. The third kappa shape index (κ3) is 6.05. The van der Waals surface area contributed by atoms with Crippen LogP contribution in [-0.2, 0) is 17.8 Å². The summed E-state index contributed by atoms with van der Waals surface area (Å²) in [6.45, 7) is 4.21. The minimum Gasteiger partial charge on any atom is -0.467 e. The lowest BCUT2D eigenvalue weighted by atomic mass is 10.1. The Morgan fingerprint density at radius 3 is 2.96 bits per heavy atom. The van der Waals surface area contributed by atoms with E-state index in [4.69, 9.17) is 9.47 Å². The minimum atomic E-state index is -0.264. The van der Waals surface area contributed by atoms with E-state index in [1.165, 1.54) is 17.7 Å². The zero-order valence-electron chi connectivity index (χ0n) is 15.5. The number of hydrogen-bond acceptors (Lipinski definition) is 4. The van der Waals surface area contributed by atoms with Gasteiger partial charge in [-0.15, -0.1) is 24.0 Å². The third-order valence-electron chi connectivity index (χ3n) is 4.35. The van der Waals surface area contributed by atoms with Crippen molar-refractivity contribution in [2.45, 2.75) is 25.9 Å². The van der Waals surface area contributed by atoms with E-state index in [0.29, 0.717) is 25.5 Å². The fourth-order valence-corrected chi connectivity index (χ4v) is 3.68. The van der Waals surface area contributed by atoms with Crippen molar-refractivity contribution in [3.05, 3.63) is 51.5 Å². The topological polar surface area (TPSA) is 54.9 Å². The van der Waals surface area contributed by atoms with Crippen LogP contribution < -0.4 is 15.4 Å². The first kappa shape index (κ1) is 21.9. The lowest BCUT2D eigenvalue weighted by Crippen LogP contribution is -2.39. The van der Waals surface area contributed by atoms with Crippen molar-refractivity contribution in [1.29, 1.82) is 0 Å². The Morgan fingerprint density at radius 1 is 1.37 bits per heavy atom. The summed E-state index contributed by atoms with van der Waals surface area (Å²) in [4.78, 5) is 4.25. The van der Waals surface area contributed by atoms with E-state index in [1.807, 2.05) is 0 Å². The molecule has 2 aromatic rings. The van der Waals surface area contributed by atoms with Gasteiger partial charge in [0, 0.05) is 25.7 Å². The fraction of sp³-hybridized carbons (Fsp3) is 0.421. The van der Waals surface area contributed by atoms with Crippen molar-refractivity contribution in [2.75, 3.05) is 26.9 Å². The molecule has 1 aliphatic rings. The van der Waals surface area contributed by atoms with E-state index in [2.05, 4.69) is 39.4 Å². The van der Waals surface area contributed by atoms with E-state index >= 15 is 0 Å². The maximum Gasteiger partial charge on any atom is 0.191 e. The van der Waals surface area contributed by atoms with Gasteiger partial charge < -0.3 is 20.1 Å². The second kappa shape index (κ2) is 10.8. The number of nitrogens with one attached hydrogen (secondary N) is 2. The van der Waals surface area contributed by atoms with Gasteiger partial charge >= 0.3 is 0 Å². The van der Waals surface area contributed by atoms with Crippen LogP contribution in [-0.4, -0.2) is 32.9 Å².